The molecule has 12 heavy (non-hydrogen) atoms. The Bertz CT molecular complexity index is 216. The van der Waals surface area contributed by atoms with Gasteiger partial charge in [0.05, 0.1) is 0 Å². The van der Waals surface area contributed by atoms with Crippen LogP contribution in [0.1, 0.15) is 12.5 Å². The van der Waals surface area contributed by atoms with Gasteiger partial charge < -0.3 is 5.73 Å². The van der Waals surface area contributed by atoms with E-state index in [1.165, 1.54) is 25.2 Å². The summed E-state index contributed by atoms with van der Waals surface area (Å²) < 4.78 is 25.2. The Balaban J connectivity index is 0.000000561. The van der Waals surface area contributed by atoms with E-state index in [2.05, 4.69) is 5.73 Å². The highest BCUT2D eigenvalue weighted by atomic mass is 19.1. The Kier molecular flexibility index (Phi) is 5.21. The van der Waals surface area contributed by atoms with Gasteiger partial charge >= 0.3 is 0 Å². The van der Waals surface area contributed by atoms with Crippen molar-refractivity contribution in [2.75, 3.05) is 7.05 Å². The van der Waals surface area contributed by atoms with Gasteiger partial charge in [0.2, 0.25) is 0 Å². The first kappa shape index (κ1) is 11.0. The van der Waals surface area contributed by atoms with Gasteiger partial charge in [0.25, 0.3) is 0 Å². The van der Waals surface area contributed by atoms with Crippen molar-refractivity contribution in [1.29, 1.82) is 0 Å². The zero-order valence-corrected chi connectivity index (χ0v) is 7.27. The number of hydrogen-bond acceptors (Lipinski definition) is 1. The van der Waals surface area contributed by atoms with E-state index in [4.69, 9.17) is 0 Å². The lowest BCUT2D eigenvalue weighted by molar-refractivity contribution is 0.559. The van der Waals surface area contributed by atoms with Crippen molar-refractivity contribution in [2.45, 2.75) is 13.3 Å². The second-order valence-corrected chi connectivity index (χ2v) is 2.05. The molecule has 68 valence electrons. The Morgan fingerprint density at radius 1 is 1.17 bits per heavy atom. The lowest BCUT2D eigenvalue weighted by Crippen LogP contribution is -1.91. The maximum atomic E-state index is 12.6. The molecule has 0 spiro atoms. The third-order valence-corrected chi connectivity index (χ3v) is 1.42. The van der Waals surface area contributed by atoms with Crippen LogP contribution in [0.4, 0.5) is 8.78 Å². The zero-order chi connectivity index (χ0) is 9.56. The van der Waals surface area contributed by atoms with Crippen LogP contribution < -0.4 is 5.73 Å². The summed E-state index contributed by atoms with van der Waals surface area (Å²) in [5, 5.41) is 0. The Labute approximate surface area is 71.2 Å². The van der Waals surface area contributed by atoms with Crippen LogP contribution in [0, 0.1) is 11.6 Å². The highest BCUT2D eigenvalue weighted by Gasteiger charge is 2.03. The molecule has 1 nitrogen and oxygen atoms in total. The molecule has 0 saturated heterocycles. The molecule has 0 aromatic heterocycles. The molecule has 0 aliphatic carbocycles. The highest BCUT2D eigenvalue weighted by Crippen LogP contribution is 2.11. The van der Waals surface area contributed by atoms with Gasteiger partial charge in [-0.3, -0.25) is 0 Å². The van der Waals surface area contributed by atoms with Crippen LogP contribution in [0.2, 0.25) is 0 Å². The summed E-state index contributed by atoms with van der Waals surface area (Å²) in [7, 11) is 1.50. The lowest BCUT2D eigenvalue weighted by atomic mass is 10.1. The molecule has 0 heterocycles. The van der Waals surface area contributed by atoms with Gasteiger partial charge in [0.1, 0.15) is 11.6 Å². The molecular formula is C9H13F2N. The first-order valence-corrected chi connectivity index (χ1v) is 3.76. The average molecular weight is 173 g/mol. The molecule has 0 radical (unpaired) electrons. The molecule has 0 atom stereocenters. The fraction of sp³-hybridized carbons (Fsp3) is 0.333. The van der Waals surface area contributed by atoms with Crippen LogP contribution in [0.15, 0.2) is 18.2 Å². The molecule has 1 aromatic carbocycles. The zero-order valence-electron chi connectivity index (χ0n) is 7.27. The van der Waals surface area contributed by atoms with Crippen LogP contribution in [-0.2, 0) is 6.42 Å². The summed E-state index contributed by atoms with van der Waals surface area (Å²) in [6.45, 7) is 1.72. The molecule has 0 aliphatic rings. The second kappa shape index (κ2) is 5.66. The maximum absolute atomic E-state index is 12.6. The standard InChI is InChI=1S/C8H8F2.CH5N/c1-2-6-7(9)4-3-5-8(6)10;1-2/h3-5H,2H2,1H3;2H2,1H3. The highest BCUT2D eigenvalue weighted by molar-refractivity contribution is 5.19. The normalized spacial score (nSPS) is 8.75. The van der Waals surface area contributed by atoms with Gasteiger partial charge in [-0.15, -0.1) is 0 Å². The predicted octanol–water partition coefficient (Wildman–Crippen LogP) is 2.10. The quantitative estimate of drug-likeness (QED) is 0.691. The maximum Gasteiger partial charge on any atom is 0.129 e. The van der Waals surface area contributed by atoms with Gasteiger partial charge in [-0.25, -0.2) is 8.78 Å². The summed E-state index contributed by atoms with van der Waals surface area (Å²) in [6.07, 6.45) is 0.401. The van der Waals surface area contributed by atoms with E-state index < -0.39 is 11.6 Å². The van der Waals surface area contributed by atoms with E-state index in [1.54, 1.807) is 6.92 Å². The molecule has 2 N–H and O–H groups in total. The summed E-state index contributed by atoms with van der Waals surface area (Å²) in [6, 6.07) is 3.90. The number of halogens is 2. The third-order valence-electron chi connectivity index (χ3n) is 1.42. The summed E-state index contributed by atoms with van der Waals surface area (Å²) >= 11 is 0. The molecule has 0 saturated carbocycles. The Morgan fingerprint density at radius 3 is 1.83 bits per heavy atom. The van der Waals surface area contributed by atoms with Gasteiger partial charge in [0, 0.05) is 5.56 Å². The van der Waals surface area contributed by atoms with Crippen molar-refractivity contribution in [3.8, 4) is 0 Å². The second-order valence-electron chi connectivity index (χ2n) is 2.05. The third kappa shape index (κ3) is 2.58. The molecule has 0 bridgehead atoms. The molecule has 0 unspecified atom stereocenters. The van der Waals surface area contributed by atoms with E-state index in [9.17, 15) is 8.78 Å². The largest absolute Gasteiger partial charge is 0.333 e. The summed E-state index contributed by atoms with van der Waals surface area (Å²) in [5.41, 5.74) is 4.67. The summed E-state index contributed by atoms with van der Waals surface area (Å²) in [4.78, 5) is 0. The van der Waals surface area contributed by atoms with Gasteiger partial charge in [0.15, 0.2) is 0 Å². The first-order chi connectivity index (χ1) is 5.75. The van der Waals surface area contributed by atoms with Crippen molar-refractivity contribution in [3.63, 3.8) is 0 Å². The Morgan fingerprint density at radius 2 is 1.58 bits per heavy atom. The lowest BCUT2D eigenvalue weighted by Gasteiger charge is -1.98. The molecule has 3 heteroatoms. The smallest absolute Gasteiger partial charge is 0.129 e. The van der Waals surface area contributed by atoms with Gasteiger partial charge in [-0.05, 0) is 25.6 Å². The number of benzene rings is 1. The minimum absolute atomic E-state index is 0.169. The van der Waals surface area contributed by atoms with E-state index in [1.807, 2.05) is 0 Å². The fourth-order valence-corrected chi connectivity index (χ4v) is 0.870. The van der Waals surface area contributed by atoms with E-state index in [-0.39, 0.29) is 5.56 Å². The monoisotopic (exact) mass is 173 g/mol. The summed E-state index contributed by atoms with van der Waals surface area (Å²) in [5.74, 6) is -0.912. The first-order valence-electron chi connectivity index (χ1n) is 3.76. The number of hydrogen-bond donors (Lipinski definition) is 1. The molecule has 0 fully saturated rings. The molecule has 1 aromatic rings. The van der Waals surface area contributed by atoms with Crippen molar-refractivity contribution in [2.24, 2.45) is 5.73 Å². The minimum Gasteiger partial charge on any atom is -0.333 e. The van der Waals surface area contributed by atoms with Crippen LogP contribution >= 0.6 is 0 Å². The van der Waals surface area contributed by atoms with Crippen molar-refractivity contribution in [1.82, 2.24) is 0 Å². The number of nitrogens with two attached hydrogens (primary N) is 1. The fourth-order valence-electron chi connectivity index (χ4n) is 0.870. The molecule has 1 rings (SSSR count). The van der Waals surface area contributed by atoms with Crippen molar-refractivity contribution in [3.05, 3.63) is 35.4 Å². The molecular weight excluding hydrogens is 160 g/mol. The molecule has 0 aliphatic heterocycles. The van der Waals surface area contributed by atoms with Crippen LogP contribution in [0.3, 0.4) is 0 Å². The SMILES string of the molecule is CCc1c(F)cccc1F.CN. The topological polar surface area (TPSA) is 26.0 Å². The number of rotatable bonds is 1. The average Bonchev–Trinajstić information content (AvgIpc) is 2.08. The van der Waals surface area contributed by atoms with Crippen LogP contribution in [0.5, 0.6) is 0 Å². The van der Waals surface area contributed by atoms with Gasteiger partial charge in [-0.1, -0.05) is 13.0 Å². The van der Waals surface area contributed by atoms with E-state index >= 15 is 0 Å². The van der Waals surface area contributed by atoms with E-state index in [0.717, 1.165) is 0 Å². The molecule has 0 amide bonds. The Hall–Kier alpha value is -0.960. The van der Waals surface area contributed by atoms with Crippen molar-refractivity contribution >= 4 is 0 Å². The van der Waals surface area contributed by atoms with E-state index in [0.29, 0.717) is 6.42 Å². The van der Waals surface area contributed by atoms with Crippen LogP contribution in [0.25, 0.3) is 0 Å². The van der Waals surface area contributed by atoms with Crippen LogP contribution in [-0.4, -0.2) is 7.05 Å². The predicted molar refractivity (Wildman–Crippen MR) is 45.8 cm³/mol. The van der Waals surface area contributed by atoms with Gasteiger partial charge in [-0.2, -0.15) is 0 Å². The van der Waals surface area contributed by atoms with Crippen molar-refractivity contribution < 1.29 is 8.78 Å². The minimum atomic E-state index is -0.456.